The maximum absolute atomic E-state index is 13.6. The summed E-state index contributed by atoms with van der Waals surface area (Å²) in [6.07, 6.45) is 18.6. The summed E-state index contributed by atoms with van der Waals surface area (Å²) in [5.41, 5.74) is 3.80. The molecule has 10 rings (SSSR count). The molecule has 0 saturated heterocycles. The van der Waals surface area contributed by atoms with E-state index in [0.29, 0.717) is 108 Å². The number of nitrogens with zero attached hydrogens (tertiary/aromatic N) is 8. The van der Waals surface area contributed by atoms with Gasteiger partial charge in [0, 0.05) is 72.8 Å². The van der Waals surface area contributed by atoms with E-state index in [4.69, 9.17) is 28.1 Å². The Morgan fingerprint density at radius 3 is 1.23 bits per heavy atom. The molecule has 0 bridgehead atoms. The molecular weight excluding hydrogens is 1180 g/mol. The van der Waals surface area contributed by atoms with E-state index < -0.39 is 32.6 Å². The molecule has 26 heteroatoms. The molecule has 2 aliphatic rings. The number of carbonyl (C=O) groups is 2. The summed E-state index contributed by atoms with van der Waals surface area (Å²) in [7, 11) is -8.04. The number of nitrogens with one attached hydrogen (secondary N) is 2. The lowest BCUT2D eigenvalue weighted by Gasteiger charge is -2.25. The van der Waals surface area contributed by atoms with Crippen LogP contribution in [-0.2, 0) is 20.2 Å². The number of aryl methyl sites for hydroxylation is 2. The smallest absolute Gasteiger partial charge is 0.294 e. The minimum Gasteiger partial charge on any atom is -0.488 e. The lowest BCUT2D eigenvalue weighted by atomic mass is 9.94. The standard InChI is InChI=1S/2C23H24FN5O3.2C7H8O3S.2CH4/c2*1-2-31-20-7-4-8-26-23(20)32-19-9-15(11-25-14-19)21-27-12-16(13-28-21)22(30)29-18-6-3-5-17(24)10-18;2*1-6-2-4-7(5-3-6)11(8,9)10;;/h2*4,7-9,11-14,17-18H,2-3,5-6,10H2,1H3,(H,29,30);2*2-5H,1H3,(H,8,9,10);2*1H4/t2*17-,18-;;;;/m11..../s1. The van der Waals surface area contributed by atoms with Crippen LogP contribution in [0.25, 0.3) is 22.8 Å². The second-order valence-corrected chi connectivity index (χ2v) is 22.4. The second-order valence-electron chi connectivity index (χ2n) is 19.5. The number of pyridine rings is 4. The van der Waals surface area contributed by atoms with E-state index in [0.717, 1.165) is 36.8 Å². The van der Waals surface area contributed by atoms with Crippen LogP contribution in [0.2, 0.25) is 0 Å². The molecule has 468 valence electrons. The number of amides is 2. The fourth-order valence-electron chi connectivity index (χ4n) is 8.52. The van der Waals surface area contributed by atoms with Gasteiger partial charge in [-0.25, -0.2) is 38.7 Å². The summed E-state index contributed by atoms with van der Waals surface area (Å²) in [5.74, 6) is 2.82. The zero-order valence-corrected chi connectivity index (χ0v) is 49.0. The summed E-state index contributed by atoms with van der Waals surface area (Å²) < 4.78 is 109. The third-order valence-electron chi connectivity index (χ3n) is 12.8. The molecule has 2 saturated carbocycles. The summed E-state index contributed by atoms with van der Waals surface area (Å²) in [6.45, 7) is 8.42. The molecule has 0 unspecified atom stereocenters. The fourth-order valence-corrected chi connectivity index (χ4v) is 9.48. The molecule has 4 N–H and O–H groups in total. The van der Waals surface area contributed by atoms with E-state index in [2.05, 4.69) is 50.5 Å². The third-order valence-corrected chi connectivity index (χ3v) is 14.5. The van der Waals surface area contributed by atoms with Crippen molar-refractivity contribution in [2.75, 3.05) is 13.2 Å². The zero-order valence-electron chi connectivity index (χ0n) is 47.4. The van der Waals surface area contributed by atoms with Gasteiger partial charge in [-0.15, -0.1) is 0 Å². The molecule has 0 radical (unpaired) electrons. The first-order chi connectivity index (χ1) is 41.2. The quantitative estimate of drug-likeness (QED) is 0.0653. The van der Waals surface area contributed by atoms with E-state index in [1.54, 1.807) is 97.8 Å². The van der Waals surface area contributed by atoms with Crippen LogP contribution in [0.1, 0.15) is 112 Å². The first-order valence-electron chi connectivity index (χ1n) is 27.3. The van der Waals surface area contributed by atoms with Gasteiger partial charge in [0.1, 0.15) is 23.8 Å². The number of aromatic nitrogens is 8. The Morgan fingerprint density at radius 1 is 0.534 bits per heavy atom. The number of halogens is 2. The predicted octanol–water partition coefficient (Wildman–Crippen LogP) is 12.0. The van der Waals surface area contributed by atoms with Crippen molar-refractivity contribution in [3.63, 3.8) is 0 Å². The van der Waals surface area contributed by atoms with Crippen LogP contribution in [0.5, 0.6) is 34.8 Å². The van der Waals surface area contributed by atoms with Crippen LogP contribution in [0.3, 0.4) is 0 Å². The average Bonchev–Trinajstić information content (AvgIpc) is 3.70. The lowest BCUT2D eigenvalue weighted by molar-refractivity contribution is 0.0902. The van der Waals surface area contributed by atoms with E-state index in [9.17, 15) is 35.2 Å². The molecular formula is C62H72F2N10O12S2. The summed E-state index contributed by atoms with van der Waals surface area (Å²) >= 11 is 0. The molecule has 0 aliphatic heterocycles. The Kier molecular flexibility index (Phi) is 26.8. The number of ether oxygens (including phenoxy) is 4. The third kappa shape index (κ3) is 21.8. The molecule has 6 aromatic heterocycles. The number of hydrogen-bond acceptors (Lipinski definition) is 18. The highest BCUT2D eigenvalue weighted by Gasteiger charge is 2.25. The number of hydrogen-bond donors (Lipinski definition) is 4. The molecule has 4 atom stereocenters. The fraction of sp³-hybridized carbons (Fsp3) is 0.323. The van der Waals surface area contributed by atoms with Crippen molar-refractivity contribution in [1.29, 1.82) is 0 Å². The SMILES string of the molecule is C.C.CCOc1cccnc1Oc1cncc(-c2ncc(C(=O)N[C@@H]3CCC[C@@H](F)C3)cn2)c1.CCOc1cccnc1Oc1cncc(-c2ncc(C(=O)N[C@@H]3CCC[C@@H](F)C3)cn2)c1.Cc1ccc(S(=O)(=O)O)cc1.Cc1ccc(S(=O)(=O)O)cc1. The second kappa shape index (κ2) is 33.8. The lowest BCUT2D eigenvalue weighted by Crippen LogP contribution is -2.39. The minimum atomic E-state index is -4.02. The first kappa shape index (κ1) is 69.8. The number of rotatable bonds is 16. The van der Waals surface area contributed by atoms with Gasteiger partial charge in [-0.05, 0) is 140 Å². The van der Waals surface area contributed by atoms with E-state index in [1.165, 1.54) is 49.1 Å². The van der Waals surface area contributed by atoms with Crippen molar-refractivity contribution in [2.45, 2.75) is 128 Å². The van der Waals surface area contributed by atoms with Crippen molar-refractivity contribution < 1.29 is 63.3 Å². The number of alkyl halides is 2. The highest BCUT2D eigenvalue weighted by molar-refractivity contribution is 7.86. The van der Waals surface area contributed by atoms with Crippen LogP contribution in [0.4, 0.5) is 8.78 Å². The topological polar surface area (TPSA) is 307 Å². The van der Waals surface area contributed by atoms with Gasteiger partial charge in [0.25, 0.3) is 43.8 Å². The highest BCUT2D eigenvalue weighted by Crippen LogP contribution is 2.32. The number of carbonyl (C=O) groups excluding carboxylic acids is 2. The Bertz CT molecular complexity index is 3490. The normalized spacial score (nSPS) is 16.0. The van der Waals surface area contributed by atoms with Crippen LogP contribution in [0.15, 0.2) is 157 Å². The summed E-state index contributed by atoms with van der Waals surface area (Å²) in [6, 6.07) is 22.2. The molecule has 88 heavy (non-hydrogen) atoms. The van der Waals surface area contributed by atoms with Gasteiger partial charge in [-0.3, -0.25) is 28.7 Å². The monoisotopic (exact) mass is 1250 g/mol. The molecule has 22 nitrogen and oxygen atoms in total. The van der Waals surface area contributed by atoms with E-state index in [-0.39, 0.29) is 48.5 Å². The molecule has 2 amide bonds. The van der Waals surface area contributed by atoms with Gasteiger partial charge < -0.3 is 29.6 Å². The average molecular weight is 1250 g/mol. The first-order valence-corrected chi connectivity index (χ1v) is 30.2. The highest BCUT2D eigenvalue weighted by atomic mass is 32.2. The maximum atomic E-state index is 13.6. The summed E-state index contributed by atoms with van der Waals surface area (Å²) in [4.78, 5) is 58.7. The minimum absolute atomic E-state index is 0. The van der Waals surface area contributed by atoms with Gasteiger partial charge in [0.2, 0.25) is 0 Å². The van der Waals surface area contributed by atoms with Crippen molar-refractivity contribution in [3.05, 3.63) is 169 Å². The van der Waals surface area contributed by atoms with Gasteiger partial charge >= 0.3 is 0 Å². The van der Waals surface area contributed by atoms with Crippen LogP contribution < -0.4 is 29.6 Å². The Labute approximate surface area is 511 Å². The van der Waals surface area contributed by atoms with Crippen molar-refractivity contribution in [2.24, 2.45) is 0 Å². The van der Waals surface area contributed by atoms with Crippen LogP contribution in [0, 0.1) is 13.8 Å². The molecule has 2 aliphatic carbocycles. The summed E-state index contributed by atoms with van der Waals surface area (Å²) in [5, 5.41) is 5.73. The van der Waals surface area contributed by atoms with E-state index >= 15 is 0 Å². The Hall–Kier alpha value is -8.98. The number of benzene rings is 2. The van der Waals surface area contributed by atoms with Crippen molar-refractivity contribution in [3.8, 4) is 57.5 Å². The van der Waals surface area contributed by atoms with Crippen molar-refractivity contribution >= 4 is 32.1 Å². The maximum Gasteiger partial charge on any atom is 0.294 e. The van der Waals surface area contributed by atoms with Gasteiger partial charge in [-0.2, -0.15) is 16.8 Å². The Morgan fingerprint density at radius 2 is 0.898 bits per heavy atom. The zero-order chi connectivity index (χ0) is 61.6. The predicted molar refractivity (Wildman–Crippen MR) is 326 cm³/mol. The molecule has 0 spiro atoms. The van der Waals surface area contributed by atoms with Gasteiger partial charge in [-0.1, -0.05) is 50.2 Å². The van der Waals surface area contributed by atoms with Gasteiger partial charge in [0.05, 0.1) is 46.5 Å². The van der Waals surface area contributed by atoms with Crippen LogP contribution >= 0.6 is 0 Å². The van der Waals surface area contributed by atoms with E-state index in [1.807, 2.05) is 27.7 Å². The van der Waals surface area contributed by atoms with Crippen molar-refractivity contribution in [1.82, 2.24) is 50.5 Å². The molecule has 2 aromatic carbocycles. The Balaban J connectivity index is 0.000000235. The van der Waals surface area contributed by atoms with Gasteiger partial charge in [0.15, 0.2) is 23.1 Å². The molecule has 8 aromatic rings. The van der Waals surface area contributed by atoms with Crippen LogP contribution in [-0.4, -0.2) is 115 Å². The molecule has 6 heterocycles. The largest absolute Gasteiger partial charge is 0.488 e. The molecule has 2 fully saturated rings.